The van der Waals surface area contributed by atoms with Crippen molar-refractivity contribution < 1.29 is 28.6 Å². The Morgan fingerprint density at radius 1 is 1.52 bits per heavy atom. The second kappa shape index (κ2) is 7.06. The van der Waals surface area contributed by atoms with E-state index < -0.39 is 35.0 Å². The van der Waals surface area contributed by atoms with E-state index in [1.807, 2.05) is 0 Å². The first-order valence-electron chi connectivity index (χ1n) is 6.57. The first kappa shape index (κ1) is 16.9. The Morgan fingerprint density at radius 2 is 2.19 bits per heavy atom. The Labute approximate surface area is 122 Å². The highest BCUT2D eigenvalue weighted by molar-refractivity contribution is 6.62. The average Bonchev–Trinajstić information content (AvgIpc) is 2.67. The lowest BCUT2D eigenvalue weighted by Crippen LogP contribution is -2.42. The van der Waals surface area contributed by atoms with Gasteiger partial charge in [0, 0.05) is 6.42 Å². The van der Waals surface area contributed by atoms with Gasteiger partial charge < -0.3 is 15.0 Å². The first-order chi connectivity index (χ1) is 9.83. The van der Waals surface area contributed by atoms with Crippen LogP contribution in [0.25, 0.3) is 5.53 Å². The lowest BCUT2D eigenvalue weighted by molar-refractivity contribution is -0.157. The van der Waals surface area contributed by atoms with Crippen molar-refractivity contribution >= 4 is 23.2 Å². The fraction of sp³-hybridized carbons (Fsp3) is 0.571. The molecule has 1 fully saturated rings. The van der Waals surface area contributed by atoms with E-state index in [9.17, 15) is 14.4 Å². The predicted molar refractivity (Wildman–Crippen MR) is 72.6 cm³/mol. The molecule has 0 unspecified atom stereocenters. The van der Waals surface area contributed by atoms with E-state index in [1.165, 1.54) is 0 Å². The van der Waals surface area contributed by atoms with Crippen LogP contribution in [-0.4, -0.2) is 46.3 Å². The van der Waals surface area contributed by atoms with E-state index in [4.69, 9.17) is 15.0 Å². The number of hydrogen-bond donors (Lipinski definition) is 0. The topological polar surface area (TPSA) is 106 Å². The number of ketones is 2. The Bertz CT molecular complexity index is 529. The van der Waals surface area contributed by atoms with E-state index in [-0.39, 0.29) is 13.0 Å². The molecule has 0 aromatic rings. The van der Waals surface area contributed by atoms with Crippen LogP contribution in [-0.2, 0) is 23.9 Å². The first-order valence-corrected chi connectivity index (χ1v) is 6.57. The summed E-state index contributed by atoms with van der Waals surface area (Å²) in [5.74, 6) is -2.17. The number of carbonyl (C=O) groups excluding carboxylic acids is 3. The molecule has 1 heterocycles. The zero-order valence-corrected chi connectivity index (χ0v) is 12.3. The van der Waals surface area contributed by atoms with Gasteiger partial charge in [-0.05, 0) is 27.2 Å². The van der Waals surface area contributed by atoms with Gasteiger partial charge in [-0.1, -0.05) is 12.2 Å². The van der Waals surface area contributed by atoms with Gasteiger partial charge in [-0.2, -0.15) is 4.79 Å². The van der Waals surface area contributed by atoms with Crippen molar-refractivity contribution in [2.45, 2.75) is 45.3 Å². The highest BCUT2D eigenvalue weighted by Gasteiger charge is 2.47. The Morgan fingerprint density at radius 3 is 2.67 bits per heavy atom. The lowest BCUT2D eigenvalue weighted by Gasteiger charge is -2.23. The molecular formula is C14H18N2O5. The zero-order chi connectivity index (χ0) is 16.0. The van der Waals surface area contributed by atoms with E-state index in [2.05, 4.69) is 4.79 Å². The number of Topliss-reactive ketones (excluding diaryl/α,β-unsaturated/α-hetero) is 2. The molecule has 1 atom stereocenters. The summed E-state index contributed by atoms with van der Waals surface area (Å²) < 4.78 is 10.2. The van der Waals surface area contributed by atoms with Crippen LogP contribution in [0.2, 0.25) is 0 Å². The van der Waals surface area contributed by atoms with Gasteiger partial charge in [0.15, 0.2) is 6.10 Å². The van der Waals surface area contributed by atoms with E-state index in [0.29, 0.717) is 6.42 Å². The minimum atomic E-state index is -1.13. The molecule has 0 aliphatic carbocycles. The maximum atomic E-state index is 11.9. The second-order valence-electron chi connectivity index (χ2n) is 5.12. The van der Waals surface area contributed by atoms with Crippen molar-refractivity contribution in [3.63, 3.8) is 0 Å². The molecule has 114 valence electrons. The summed E-state index contributed by atoms with van der Waals surface area (Å²) >= 11 is 0. The summed E-state index contributed by atoms with van der Waals surface area (Å²) in [7, 11) is 0. The zero-order valence-electron chi connectivity index (χ0n) is 12.3. The van der Waals surface area contributed by atoms with Crippen LogP contribution in [0.15, 0.2) is 12.2 Å². The molecule has 0 saturated carbocycles. The second-order valence-corrected chi connectivity index (χ2v) is 5.12. The number of nitrogens with zero attached hydrogens (tertiary/aromatic N) is 2. The summed E-state index contributed by atoms with van der Waals surface area (Å²) in [6.07, 6.45) is 2.81. The van der Waals surface area contributed by atoms with Crippen molar-refractivity contribution in [1.29, 1.82) is 0 Å². The van der Waals surface area contributed by atoms with Crippen molar-refractivity contribution in [3.05, 3.63) is 17.7 Å². The molecule has 0 amide bonds. The van der Waals surface area contributed by atoms with E-state index >= 15 is 0 Å². The molecular weight excluding hydrogens is 276 g/mol. The molecule has 21 heavy (non-hydrogen) atoms. The molecule has 1 aliphatic heterocycles. The van der Waals surface area contributed by atoms with Gasteiger partial charge in [0.05, 0.1) is 0 Å². The normalized spacial score (nSPS) is 20.3. The smallest absolute Gasteiger partial charge is 0.441 e. The third-order valence-electron chi connectivity index (χ3n) is 3.07. The van der Waals surface area contributed by atoms with E-state index in [0.717, 1.165) is 0 Å². The maximum Gasteiger partial charge on any atom is 0.441 e. The number of allylic oxidation sites excluding steroid dienone is 2. The molecule has 0 aromatic carbocycles. The standard InChI is InChI=1S/C14H18N2O5/c1-4-5-6-7-9(17)11(16-15)13(19)21-12-10(18)8-20-14(12,2)3/h4-5,12H,6-8H2,1-3H3/b5-4+/t12-/m0/s1. The van der Waals surface area contributed by atoms with Crippen molar-refractivity contribution in [2.75, 3.05) is 6.61 Å². The molecule has 7 nitrogen and oxygen atoms in total. The van der Waals surface area contributed by atoms with Crippen molar-refractivity contribution in [3.8, 4) is 0 Å². The van der Waals surface area contributed by atoms with Gasteiger partial charge in [0.2, 0.25) is 5.78 Å². The van der Waals surface area contributed by atoms with Crippen molar-refractivity contribution in [1.82, 2.24) is 0 Å². The van der Waals surface area contributed by atoms with Gasteiger partial charge >= 0.3 is 11.7 Å². The van der Waals surface area contributed by atoms with E-state index in [1.54, 1.807) is 32.9 Å². The van der Waals surface area contributed by atoms with Crippen LogP contribution in [0, 0.1) is 0 Å². The molecule has 0 spiro atoms. The van der Waals surface area contributed by atoms with Gasteiger partial charge in [0.25, 0.3) is 5.78 Å². The number of hydrogen-bond acceptors (Lipinski definition) is 5. The highest BCUT2D eigenvalue weighted by atomic mass is 16.6. The Kier molecular flexibility index (Phi) is 5.69. The van der Waals surface area contributed by atoms with Crippen molar-refractivity contribution in [2.24, 2.45) is 0 Å². The van der Waals surface area contributed by atoms with Crippen LogP contribution >= 0.6 is 0 Å². The number of carbonyl (C=O) groups is 3. The molecule has 1 aliphatic rings. The number of esters is 1. The van der Waals surface area contributed by atoms with Gasteiger partial charge in [-0.25, -0.2) is 4.79 Å². The Balaban J connectivity index is 2.75. The molecule has 0 aromatic heterocycles. The SMILES string of the molecule is C/C=C/CCC(=O)C(=[N+]=[N-])C(=O)O[C@H]1C(=O)COC1(C)C. The number of rotatable bonds is 6. The fourth-order valence-electron chi connectivity index (χ4n) is 1.88. The summed E-state index contributed by atoms with van der Waals surface area (Å²) in [6.45, 7) is 4.83. The van der Waals surface area contributed by atoms with Crippen LogP contribution < -0.4 is 0 Å². The third kappa shape index (κ3) is 4.18. The Hall–Kier alpha value is -2.11. The average molecular weight is 294 g/mol. The van der Waals surface area contributed by atoms with Gasteiger partial charge in [-0.3, -0.25) is 9.59 Å². The van der Waals surface area contributed by atoms with Gasteiger partial charge in [-0.15, -0.1) is 0 Å². The molecule has 7 heteroatoms. The summed E-state index contributed by atoms with van der Waals surface area (Å²) in [5, 5.41) is 0. The van der Waals surface area contributed by atoms with Crippen LogP contribution in [0.4, 0.5) is 0 Å². The van der Waals surface area contributed by atoms with Crippen LogP contribution in [0.5, 0.6) is 0 Å². The number of ether oxygens (including phenoxy) is 2. The molecule has 0 bridgehead atoms. The van der Waals surface area contributed by atoms with Gasteiger partial charge in [0.1, 0.15) is 12.2 Å². The fourth-order valence-corrected chi connectivity index (χ4v) is 1.88. The molecule has 1 rings (SSSR count). The summed E-state index contributed by atoms with van der Waals surface area (Å²) in [4.78, 5) is 38.0. The predicted octanol–water partition coefficient (Wildman–Crippen LogP) is 0.872. The lowest BCUT2D eigenvalue weighted by atomic mass is 10.0. The monoisotopic (exact) mass is 294 g/mol. The third-order valence-corrected chi connectivity index (χ3v) is 3.07. The van der Waals surface area contributed by atoms with Crippen LogP contribution in [0.1, 0.15) is 33.6 Å². The summed E-state index contributed by atoms with van der Waals surface area (Å²) in [6, 6.07) is 0. The maximum absolute atomic E-state index is 11.9. The van der Waals surface area contributed by atoms with Crippen LogP contribution in [0.3, 0.4) is 0 Å². The highest BCUT2D eigenvalue weighted by Crippen LogP contribution is 2.25. The summed E-state index contributed by atoms with van der Waals surface area (Å²) in [5.41, 5.74) is 7.14. The molecule has 1 saturated heterocycles. The molecule has 0 N–H and O–H groups in total. The minimum Gasteiger partial charge on any atom is -0.442 e. The largest absolute Gasteiger partial charge is 0.442 e. The quantitative estimate of drug-likeness (QED) is 0.180. The molecule has 0 radical (unpaired) electrons. The minimum absolute atomic E-state index is 0.0112.